The van der Waals surface area contributed by atoms with Gasteiger partial charge in [0.15, 0.2) is 11.5 Å². The van der Waals surface area contributed by atoms with Gasteiger partial charge in [0, 0.05) is 25.3 Å². The van der Waals surface area contributed by atoms with Crippen molar-refractivity contribution in [3.8, 4) is 11.5 Å². The van der Waals surface area contributed by atoms with Crippen molar-refractivity contribution < 1.29 is 19.4 Å². The fourth-order valence-corrected chi connectivity index (χ4v) is 2.55. The zero-order valence-corrected chi connectivity index (χ0v) is 12.7. The minimum Gasteiger partial charge on any atom is -0.504 e. The number of phenolic OH excluding ortho intramolecular Hbond substituents is 1. The molecule has 1 atom stereocenters. The van der Waals surface area contributed by atoms with Gasteiger partial charge in [0.05, 0.1) is 13.2 Å². The Morgan fingerprint density at radius 2 is 2.29 bits per heavy atom. The molecule has 1 N–H and O–H groups in total. The summed E-state index contributed by atoms with van der Waals surface area (Å²) in [6.07, 6.45) is 3.05. The number of phenols is 1. The van der Waals surface area contributed by atoms with E-state index in [2.05, 4.69) is 6.92 Å². The molecule has 1 fully saturated rings. The number of carbonyl (C=O) groups is 1. The van der Waals surface area contributed by atoms with E-state index in [1.165, 1.54) is 13.2 Å². The maximum Gasteiger partial charge on any atom is 0.254 e. The molecule has 116 valence electrons. The molecule has 1 aliphatic rings. The predicted molar refractivity (Wildman–Crippen MR) is 79.8 cm³/mol. The Hall–Kier alpha value is -1.75. The molecule has 5 heteroatoms. The highest BCUT2D eigenvalue weighted by atomic mass is 16.5. The number of aromatic hydroxyl groups is 1. The summed E-state index contributed by atoms with van der Waals surface area (Å²) in [6, 6.07) is 4.74. The van der Waals surface area contributed by atoms with Gasteiger partial charge < -0.3 is 19.5 Å². The van der Waals surface area contributed by atoms with Gasteiger partial charge in [-0.25, -0.2) is 0 Å². The lowest BCUT2D eigenvalue weighted by Gasteiger charge is -2.32. The molecule has 0 aromatic heterocycles. The van der Waals surface area contributed by atoms with E-state index in [9.17, 15) is 9.90 Å². The van der Waals surface area contributed by atoms with E-state index in [-0.39, 0.29) is 17.8 Å². The maximum absolute atomic E-state index is 12.5. The normalized spacial score (nSPS) is 18.6. The summed E-state index contributed by atoms with van der Waals surface area (Å²) in [5, 5.41) is 9.79. The predicted octanol–water partition coefficient (Wildman–Crippen LogP) is 2.43. The van der Waals surface area contributed by atoms with Gasteiger partial charge in [-0.15, -0.1) is 0 Å². The lowest BCUT2D eigenvalue weighted by atomic mass is 10.1. The van der Waals surface area contributed by atoms with Crippen LogP contribution in [0.3, 0.4) is 0 Å². The van der Waals surface area contributed by atoms with Crippen LogP contribution in [0, 0.1) is 0 Å². The number of benzene rings is 1. The topological polar surface area (TPSA) is 59.0 Å². The highest BCUT2D eigenvalue weighted by molar-refractivity contribution is 5.95. The fraction of sp³-hybridized carbons (Fsp3) is 0.562. The molecular weight excluding hydrogens is 270 g/mol. The zero-order chi connectivity index (χ0) is 15.2. The van der Waals surface area contributed by atoms with Gasteiger partial charge in [-0.1, -0.05) is 6.92 Å². The van der Waals surface area contributed by atoms with Crippen molar-refractivity contribution >= 4 is 5.91 Å². The Kier molecular flexibility index (Phi) is 5.44. The molecule has 1 aromatic carbocycles. The quantitative estimate of drug-likeness (QED) is 0.906. The van der Waals surface area contributed by atoms with Crippen molar-refractivity contribution in [3.05, 3.63) is 23.8 Å². The number of piperidine rings is 1. The van der Waals surface area contributed by atoms with Crippen LogP contribution >= 0.6 is 0 Å². The second-order valence-corrected chi connectivity index (χ2v) is 5.27. The SMILES string of the molecule is CCCOC1CCCN(C(=O)c2ccc(OC)c(O)c2)C1. The lowest BCUT2D eigenvalue weighted by Crippen LogP contribution is -2.43. The number of nitrogens with zero attached hydrogens (tertiary/aromatic N) is 1. The molecule has 1 heterocycles. The Morgan fingerprint density at radius 3 is 2.95 bits per heavy atom. The molecule has 21 heavy (non-hydrogen) atoms. The Morgan fingerprint density at radius 1 is 1.48 bits per heavy atom. The number of hydrogen-bond donors (Lipinski definition) is 1. The van der Waals surface area contributed by atoms with Gasteiger partial charge in [0.1, 0.15) is 0 Å². The van der Waals surface area contributed by atoms with E-state index in [0.29, 0.717) is 17.9 Å². The Labute approximate surface area is 125 Å². The van der Waals surface area contributed by atoms with Crippen molar-refractivity contribution in [3.63, 3.8) is 0 Å². The average Bonchev–Trinajstić information content (AvgIpc) is 2.52. The highest BCUT2D eigenvalue weighted by Crippen LogP contribution is 2.27. The van der Waals surface area contributed by atoms with E-state index < -0.39 is 0 Å². The molecule has 1 aromatic rings. The third-order valence-electron chi connectivity index (χ3n) is 3.65. The van der Waals surface area contributed by atoms with Crippen LogP contribution in [0.1, 0.15) is 36.5 Å². The first-order chi connectivity index (χ1) is 10.2. The Balaban J connectivity index is 2.03. The van der Waals surface area contributed by atoms with E-state index in [1.807, 2.05) is 0 Å². The van der Waals surface area contributed by atoms with Crippen molar-refractivity contribution in [2.24, 2.45) is 0 Å². The van der Waals surface area contributed by atoms with Crippen molar-refractivity contribution in [2.45, 2.75) is 32.3 Å². The maximum atomic E-state index is 12.5. The second-order valence-electron chi connectivity index (χ2n) is 5.27. The smallest absolute Gasteiger partial charge is 0.254 e. The van der Waals surface area contributed by atoms with Crippen LogP contribution in [0.5, 0.6) is 11.5 Å². The first kappa shape index (κ1) is 15.6. The van der Waals surface area contributed by atoms with Crippen LogP contribution in [0.4, 0.5) is 0 Å². The molecule has 0 radical (unpaired) electrons. The summed E-state index contributed by atoms with van der Waals surface area (Å²) in [5.41, 5.74) is 0.476. The molecule has 0 aliphatic carbocycles. The molecule has 1 saturated heterocycles. The number of likely N-dealkylation sites (tertiary alicyclic amines) is 1. The van der Waals surface area contributed by atoms with Crippen LogP contribution in [0.2, 0.25) is 0 Å². The largest absolute Gasteiger partial charge is 0.504 e. The van der Waals surface area contributed by atoms with Crippen molar-refractivity contribution in [2.75, 3.05) is 26.8 Å². The third-order valence-corrected chi connectivity index (χ3v) is 3.65. The summed E-state index contributed by atoms with van der Waals surface area (Å²) in [4.78, 5) is 14.3. The highest BCUT2D eigenvalue weighted by Gasteiger charge is 2.25. The molecule has 5 nitrogen and oxygen atoms in total. The van der Waals surface area contributed by atoms with Gasteiger partial charge in [-0.3, -0.25) is 4.79 Å². The fourth-order valence-electron chi connectivity index (χ4n) is 2.55. The number of methoxy groups -OCH3 is 1. The number of rotatable bonds is 5. The molecule has 2 rings (SSSR count). The average molecular weight is 293 g/mol. The van der Waals surface area contributed by atoms with E-state index in [4.69, 9.17) is 9.47 Å². The molecular formula is C16H23NO4. The molecule has 1 aliphatic heterocycles. The summed E-state index contributed by atoms with van der Waals surface area (Å²) >= 11 is 0. The first-order valence-electron chi connectivity index (χ1n) is 7.43. The van der Waals surface area contributed by atoms with Crippen LogP contribution in [-0.2, 0) is 4.74 Å². The van der Waals surface area contributed by atoms with E-state index in [0.717, 1.165) is 32.4 Å². The molecule has 0 spiro atoms. The van der Waals surface area contributed by atoms with Crippen molar-refractivity contribution in [1.29, 1.82) is 0 Å². The minimum absolute atomic E-state index is 0.0147. The number of amides is 1. The summed E-state index contributed by atoms with van der Waals surface area (Å²) in [7, 11) is 1.48. The number of ether oxygens (including phenoxy) is 2. The molecule has 1 unspecified atom stereocenters. The molecule has 0 saturated carbocycles. The van der Waals surface area contributed by atoms with E-state index >= 15 is 0 Å². The first-order valence-corrected chi connectivity index (χ1v) is 7.43. The van der Waals surface area contributed by atoms with Crippen LogP contribution in [0.15, 0.2) is 18.2 Å². The standard InChI is InChI=1S/C16H23NO4/c1-3-9-21-13-5-4-8-17(11-13)16(19)12-6-7-15(20-2)14(18)10-12/h6-7,10,13,18H,3-5,8-9,11H2,1-2H3. The second kappa shape index (κ2) is 7.31. The molecule has 0 bridgehead atoms. The molecule has 1 amide bonds. The van der Waals surface area contributed by atoms with Gasteiger partial charge in [0.2, 0.25) is 0 Å². The van der Waals surface area contributed by atoms with Crippen LogP contribution < -0.4 is 4.74 Å². The van der Waals surface area contributed by atoms with Gasteiger partial charge >= 0.3 is 0 Å². The minimum atomic E-state index is -0.0715. The summed E-state index contributed by atoms with van der Waals surface area (Å²) < 4.78 is 10.7. The van der Waals surface area contributed by atoms with E-state index in [1.54, 1.807) is 17.0 Å². The lowest BCUT2D eigenvalue weighted by molar-refractivity contribution is 0.00210. The van der Waals surface area contributed by atoms with Gasteiger partial charge in [0.25, 0.3) is 5.91 Å². The summed E-state index contributed by atoms with van der Waals surface area (Å²) in [5.74, 6) is 0.284. The Bertz CT molecular complexity index is 489. The van der Waals surface area contributed by atoms with Crippen molar-refractivity contribution in [1.82, 2.24) is 4.90 Å². The van der Waals surface area contributed by atoms with Gasteiger partial charge in [-0.2, -0.15) is 0 Å². The number of carbonyl (C=O) groups excluding carboxylic acids is 1. The van der Waals surface area contributed by atoms with Crippen LogP contribution in [0.25, 0.3) is 0 Å². The van der Waals surface area contributed by atoms with Crippen LogP contribution in [-0.4, -0.2) is 48.8 Å². The summed E-state index contributed by atoms with van der Waals surface area (Å²) in [6.45, 7) is 4.16. The zero-order valence-electron chi connectivity index (χ0n) is 12.7. The number of hydrogen-bond acceptors (Lipinski definition) is 4. The van der Waals surface area contributed by atoms with Gasteiger partial charge in [-0.05, 0) is 37.5 Å². The monoisotopic (exact) mass is 293 g/mol. The third kappa shape index (κ3) is 3.88.